The van der Waals surface area contributed by atoms with Crippen molar-refractivity contribution < 1.29 is 28.6 Å². The fraction of sp³-hybridized carbons (Fsp3) is 0.827. The van der Waals surface area contributed by atoms with Gasteiger partial charge in [-0.1, -0.05) is 358 Å². The predicted molar refractivity (Wildman–Crippen MR) is 353 cm³/mol. The Morgan fingerprint density at radius 3 is 0.753 bits per heavy atom. The molecule has 0 aromatic rings. The Balaban J connectivity index is 4.07. The lowest BCUT2D eigenvalue weighted by atomic mass is 10.0. The minimum Gasteiger partial charge on any atom is -0.462 e. The fourth-order valence-electron chi connectivity index (χ4n) is 10.7. The molecule has 0 saturated heterocycles. The van der Waals surface area contributed by atoms with Gasteiger partial charge in [0, 0.05) is 19.3 Å². The van der Waals surface area contributed by atoms with Crippen LogP contribution in [-0.4, -0.2) is 37.2 Å². The highest BCUT2D eigenvalue weighted by Crippen LogP contribution is 2.19. The van der Waals surface area contributed by atoms with Gasteiger partial charge in [-0.2, -0.15) is 0 Å². The first-order chi connectivity index (χ1) is 40.0. The molecule has 81 heavy (non-hydrogen) atoms. The molecule has 0 aromatic heterocycles. The van der Waals surface area contributed by atoms with E-state index in [2.05, 4.69) is 81.5 Å². The molecule has 0 amide bonds. The van der Waals surface area contributed by atoms with Gasteiger partial charge in [-0.15, -0.1) is 0 Å². The summed E-state index contributed by atoms with van der Waals surface area (Å²) in [5.74, 6) is -0.898. The van der Waals surface area contributed by atoms with Crippen LogP contribution in [0.4, 0.5) is 0 Å². The van der Waals surface area contributed by atoms with Gasteiger partial charge in [0.2, 0.25) is 0 Å². The van der Waals surface area contributed by atoms with Crippen LogP contribution in [0.1, 0.15) is 380 Å². The molecule has 0 fully saturated rings. The molecule has 0 aliphatic carbocycles. The third-order valence-electron chi connectivity index (χ3n) is 16.0. The highest BCUT2D eigenvalue weighted by molar-refractivity contribution is 5.71. The Bertz CT molecular complexity index is 1440. The summed E-state index contributed by atoms with van der Waals surface area (Å²) in [6.07, 6.45) is 90.0. The molecule has 6 nitrogen and oxygen atoms in total. The first-order valence-electron chi connectivity index (χ1n) is 35.8. The smallest absolute Gasteiger partial charge is 0.306 e. The molecule has 0 aliphatic heterocycles. The maximum atomic E-state index is 12.9. The van der Waals surface area contributed by atoms with Gasteiger partial charge in [0.1, 0.15) is 13.2 Å². The second-order valence-corrected chi connectivity index (χ2v) is 24.1. The molecule has 0 saturated carbocycles. The SMILES string of the molecule is CC/C=C\C/C=C\C/C=C\C/C=C\C/C=C\CCCCCC(=O)OC(COC(=O)CCCCCCCCCCCC)COC(=O)CCCCCCCCCCCCCCCCCCCCCCCCCCCCCCCCCCCC. The number of ether oxygens (including phenoxy) is 3. The van der Waals surface area contributed by atoms with Crippen LogP contribution >= 0.6 is 0 Å². The zero-order valence-corrected chi connectivity index (χ0v) is 54.3. The van der Waals surface area contributed by atoms with Gasteiger partial charge in [0.05, 0.1) is 0 Å². The molecule has 0 aliphatic rings. The zero-order chi connectivity index (χ0) is 58.5. The molecule has 0 N–H and O–H groups in total. The lowest BCUT2D eigenvalue weighted by molar-refractivity contribution is -0.167. The van der Waals surface area contributed by atoms with E-state index in [0.717, 1.165) is 96.3 Å². The summed E-state index contributed by atoms with van der Waals surface area (Å²) >= 11 is 0. The summed E-state index contributed by atoms with van der Waals surface area (Å²) in [6.45, 7) is 6.54. The summed E-state index contributed by atoms with van der Waals surface area (Å²) in [4.78, 5) is 38.3. The second-order valence-electron chi connectivity index (χ2n) is 24.1. The third kappa shape index (κ3) is 67.8. The molecule has 6 heteroatoms. The average molecular weight is 1130 g/mol. The van der Waals surface area contributed by atoms with Crippen molar-refractivity contribution >= 4 is 17.9 Å². The number of allylic oxidation sites excluding steroid dienone is 10. The summed E-state index contributed by atoms with van der Waals surface area (Å²) in [7, 11) is 0. The van der Waals surface area contributed by atoms with Crippen molar-refractivity contribution in [2.45, 2.75) is 386 Å². The number of hydrogen-bond donors (Lipinski definition) is 0. The van der Waals surface area contributed by atoms with E-state index in [-0.39, 0.29) is 31.1 Å². The van der Waals surface area contributed by atoms with E-state index in [1.165, 1.54) is 244 Å². The van der Waals surface area contributed by atoms with E-state index in [4.69, 9.17) is 14.2 Å². The van der Waals surface area contributed by atoms with E-state index in [0.29, 0.717) is 19.3 Å². The van der Waals surface area contributed by atoms with E-state index in [1.54, 1.807) is 0 Å². The second kappa shape index (κ2) is 69.6. The van der Waals surface area contributed by atoms with Crippen molar-refractivity contribution in [1.29, 1.82) is 0 Å². The van der Waals surface area contributed by atoms with Crippen LogP contribution in [0.3, 0.4) is 0 Å². The topological polar surface area (TPSA) is 78.9 Å². The highest BCUT2D eigenvalue weighted by Gasteiger charge is 2.19. The Labute approximate surface area is 504 Å². The van der Waals surface area contributed by atoms with Crippen molar-refractivity contribution in [3.63, 3.8) is 0 Å². The van der Waals surface area contributed by atoms with Gasteiger partial charge >= 0.3 is 17.9 Å². The standard InChI is InChI=1S/C75H136O6/c1-4-7-10-13-16-19-22-24-26-28-30-31-32-33-34-35-36-37-38-39-40-41-42-43-44-46-47-49-51-53-56-59-62-65-68-74(77)80-71-72(70-79-73(76)67-64-61-58-55-21-18-15-12-9-6-3)81-75(78)69-66-63-60-57-54-52-50-48-45-29-27-25-23-20-17-14-11-8-5-2/h8,11,17,20,25,27,45,48,52,54,72H,4-7,9-10,12-16,18-19,21-24,26,28-44,46-47,49-51,53,55-71H2,1-3H3/b11-8-,20-17-,27-25-,48-45-,54-52-. The Morgan fingerprint density at radius 1 is 0.259 bits per heavy atom. The van der Waals surface area contributed by atoms with Crippen LogP contribution in [0.25, 0.3) is 0 Å². The fourth-order valence-corrected chi connectivity index (χ4v) is 10.7. The molecule has 0 radical (unpaired) electrons. The summed E-state index contributed by atoms with van der Waals surface area (Å²) in [5.41, 5.74) is 0. The third-order valence-corrected chi connectivity index (χ3v) is 16.0. The highest BCUT2D eigenvalue weighted by atomic mass is 16.6. The molecule has 0 heterocycles. The van der Waals surface area contributed by atoms with Gasteiger partial charge in [-0.05, 0) is 64.2 Å². The molecular formula is C75H136O6. The van der Waals surface area contributed by atoms with E-state index < -0.39 is 6.10 Å². The summed E-state index contributed by atoms with van der Waals surface area (Å²) < 4.78 is 16.9. The lowest BCUT2D eigenvalue weighted by Crippen LogP contribution is -2.30. The average Bonchev–Trinajstić information content (AvgIpc) is 3.47. The zero-order valence-electron chi connectivity index (χ0n) is 54.3. The number of rotatable bonds is 66. The molecule has 472 valence electrons. The molecule has 0 bridgehead atoms. The molecule has 0 spiro atoms. The van der Waals surface area contributed by atoms with Gasteiger partial charge in [0.25, 0.3) is 0 Å². The van der Waals surface area contributed by atoms with Crippen molar-refractivity contribution in [1.82, 2.24) is 0 Å². The first kappa shape index (κ1) is 78.1. The van der Waals surface area contributed by atoms with E-state index in [1.807, 2.05) is 0 Å². The van der Waals surface area contributed by atoms with Crippen molar-refractivity contribution in [2.75, 3.05) is 13.2 Å². The van der Waals surface area contributed by atoms with Crippen molar-refractivity contribution in [3.8, 4) is 0 Å². The quantitative estimate of drug-likeness (QED) is 0.0261. The van der Waals surface area contributed by atoms with Crippen LogP contribution in [0.2, 0.25) is 0 Å². The molecule has 0 rings (SSSR count). The Hall–Kier alpha value is -2.89. The van der Waals surface area contributed by atoms with Gasteiger partial charge in [-0.25, -0.2) is 0 Å². The van der Waals surface area contributed by atoms with Crippen LogP contribution in [-0.2, 0) is 28.6 Å². The minimum atomic E-state index is -0.789. The molecular weight excluding hydrogens is 997 g/mol. The van der Waals surface area contributed by atoms with Crippen LogP contribution < -0.4 is 0 Å². The van der Waals surface area contributed by atoms with Crippen LogP contribution in [0.5, 0.6) is 0 Å². The molecule has 1 atom stereocenters. The Morgan fingerprint density at radius 2 is 0.481 bits per heavy atom. The molecule has 0 aromatic carbocycles. The Kier molecular flexibility index (Phi) is 67.1. The minimum absolute atomic E-state index is 0.0835. The monoisotopic (exact) mass is 1130 g/mol. The van der Waals surface area contributed by atoms with Crippen LogP contribution in [0.15, 0.2) is 60.8 Å². The maximum Gasteiger partial charge on any atom is 0.306 e. The van der Waals surface area contributed by atoms with Gasteiger partial charge < -0.3 is 14.2 Å². The molecule has 1 unspecified atom stereocenters. The lowest BCUT2D eigenvalue weighted by Gasteiger charge is -2.18. The first-order valence-corrected chi connectivity index (χ1v) is 35.8. The number of esters is 3. The predicted octanol–water partition coefficient (Wildman–Crippen LogP) is 24.7. The van der Waals surface area contributed by atoms with Crippen molar-refractivity contribution in [3.05, 3.63) is 60.8 Å². The number of carbonyl (C=O) groups is 3. The van der Waals surface area contributed by atoms with Gasteiger partial charge in [0.15, 0.2) is 6.10 Å². The van der Waals surface area contributed by atoms with E-state index in [9.17, 15) is 14.4 Å². The van der Waals surface area contributed by atoms with Gasteiger partial charge in [-0.3, -0.25) is 14.4 Å². The van der Waals surface area contributed by atoms with Crippen molar-refractivity contribution in [2.24, 2.45) is 0 Å². The summed E-state index contributed by atoms with van der Waals surface area (Å²) in [5, 5.41) is 0. The number of hydrogen-bond acceptors (Lipinski definition) is 6. The normalized spacial score (nSPS) is 12.4. The summed E-state index contributed by atoms with van der Waals surface area (Å²) in [6, 6.07) is 0. The number of carbonyl (C=O) groups excluding carboxylic acids is 3. The van der Waals surface area contributed by atoms with E-state index >= 15 is 0 Å². The number of unbranched alkanes of at least 4 members (excludes halogenated alkanes) is 45. The maximum absolute atomic E-state index is 12.9. The largest absolute Gasteiger partial charge is 0.462 e. The van der Waals surface area contributed by atoms with Crippen LogP contribution in [0, 0.1) is 0 Å².